The van der Waals surface area contributed by atoms with Gasteiger partial charge < -0.3 is 10.7 Å². The van der Waals surface area contributed by atoms with Crippen molar-refractivity contribution in [3.63, 3.8) is 0 Å². The minimum absolute atomic E-state index is 0.0277. The molecule has 3 N–H and O–H groups in total. The average molecular weight is 280 g/mol. The van der Waals surface area contributed by atoms with E-state index in [4.69, 9.17) is 5.73 Å². The number of nitrogens with one attached hydrogen (secondary N) is 1. The Bertz CT molecular complexity index is 868. The second-order valence-corrected chi connectivity index (χ2v) is 5.26. The first-order valence-corrected chi connectivity index (χ1v) is 6.82. The number of hydrogen-bond donors (Lipinski definition) is 2. The fraction of sp³-hybridized carbons (Fsp3) is 0.188. The number of nitrogens with zero attached hydrogens (tertiary/aromatic N) is 2. The molecule has 5 nitrogen and oxygen atoms in total. The minimum atomic E-state index is -0.206. The van der Waals surface area contributed by atoms with Gasteiger partial charge in [0.1, 0.15) is 11.5 Å². The number of benzene rings is 1. The van der Waals surface area contributed by atoms with Gasteiger partial charge in [-0.05, 0) is 18.1 Å². The molecule has 0 fully saturated rings. The predicted octanol–water partition coefficient (Wildman–Crippen LogP) is 2.69. The number of pyridine rings is 1. The normalized spacial score (nSPS) is 11.2. The van der Waals surface area contributed by atoms with Crippen LogP contribution in [0.15, 0.2) is 41.2 Å². The lowest BCUT2D eigenvalue weighted by Crippen LogP contribution is -2.19. The van der Waals surface area contributed by atoms with Gasteiger partial charge in [0.2, 0.25) is 0 Å². The summed E-state index contributed by atoms with van der Waals surface area (Å²) in [5.41, 5.74) is 7.68. The van der Waals surface area contributed by atoms with Crippen molar-refractivity contribution in [2.75, 3.05) is 5.73 Å². The molecule has 0 amide bonds. The third-order valence-corrected chi connectivity index (χ3v) is 3.40. The van der Waals surface area contributed by atoms with Crippen LogP contribution in [0.5, 0.6) is 0 Å². The van der Waals surface area contributed by atoms with Gasteiger partial charge in [0.05, 0.1) is 11.1 Å². The van der Waals surface area contributed by atoms with Gasteiger partial charge in [-0.15, -0.1) is 0 Å². The predicted molar refractivity (Wildman–Crippen MR) is 84.1 cm³/mol. The molecule has 0 bridgehead atoms. The molecular formula is C16H16N4O. The molecule has 0 saturated carbocycles. The van der Waals surface area contributed by atoms with Crippen molar-refractivity contribution in [3.8, 4) is 11.5 Å². The molecular weight excluding hydrogens is 264 g/mol. The number of rotatable bonds is 2. The Kier molecular flexibility index (Phi) is 3.17. The molecule has 5 heteroatoms. The van der Waals surface area contributed by atoms with Crippen LogP contribution in [0.3, 0.4) is 0 Å². The molecule has 0 atom stereocenters. The summed E-state index contributed by atoms with van der Waals surface area (Å²) in [7, 11) is 0. The summed E-state index contributed by atoms with van der Waals surface area (Å²) in [4.78, 5) is 23.7. The number of aromatic amines is 1. The Morgan fingerprint density at radius 3 is 2.57 bits per heavy atom. The standard InChI is InChI=1S/C16H16N4O/c1-9(2)13-14(17)19-15(20-16(13)21)12-8-7-10-5-3-4-6-11(10)18-12/h3-9H,1-2H3,(H3,17,19,20,21). The molecule has 1 aromatic carbocycles. The summed E-state index contributed by atoms with van der Waals surface area (Å²) in [6.07, 6.45) is 0. The fourth-order valence-electron chi connectivity index (χ4n) is 2.38. The van der Waals surface area contributed by atoms with Gasteiger partial charge in [-0.2, -0.15) is 0 Å². The number of para-hydroxylation sites is 1. The number of nitrogens with two attached hydrogens (primary N) is 1. The van der Waals surface area contributed by atoms with Crippen LogP contribution in [-0.4, -0.2) is 15.0 Å². The molecule has 2 heterocycles. The summed E-state index contributed by atoms with van der Waals surface area (Å²) < 4.78 is 0. The zero-order valence-electron chi connectivity index (χ0n) is 11.9. The van der Waals surface area contributed by atoms with Crippen molar-refractivity contribution < 1.29 is 0 Å². The Balaban J connectivity index is 2.17. The number of anilines is 1. The van der Waals surface area contributed by atoms with E-state index in [2.05, 4.69) is 15.0 Å². The van der Waals surface area contributed by atoms with Gasteiger partial charge in [-0.3, -0.25) is 4.79 Å². The summed E-state index contributed by atoms with van der Waals surface area (Å²) in [6, 6.07) is 11.6. The van der Waals surface area contributed by atoms with Crippen LogP contribution in [0.25, 0.3) is 22.4 Å². The molecule has 0 unspecified atom stereocenters. The van der Waals surface area contributed by atoms with E-state index in [0.717, 1.165) is 10.9 Å². The molecule has 0 spiro atoms. The lowest BCUT2D eigenvalue weighted by Gasteiger charge is -2.09. The van der Waals surface area contributed by atoms with Crippen LogP contribution < -0.4 is 11.3 Å². The van der Waals surface area contributed by atoms with E-state index in [0.29, 0.717) is 17.1 Å². The smallest absolute Gasteiger partial charge is 0.256 e. The zero-order chi connectivity index (χ0) is 15.0. The summed E-state index contributed by atoms with van der Waals surface area (Å²) in [5.74, 6) is 0.686. The quantitative estimate of drug-likeness (QED) is 0.755. The van der Waals surface area contributed by atoms with Crippen molar-refractivity contribution in [3.05, 3.63) is 52.3 Å². The number of fused-ring (bicyclic) bond motifs is 1. The first kappa shape index (κ1) is 13.3. The van der Waals surface area contributed by atoms with Crippen molar-refractivity contribution in [1.82, 2.24) is 15.0 Å². The summed E-state index contributed by atoms with van der Waals surface area (Å²) in [6.45, 7) is 3.83. The fourth-order valence-corrected chi connectivity index (χ4v) is 2.38. The number of hydrogen-bond acceptors (Lipinski definition) is 4. The lowest BCUT2D eigenvalue weighted by atomic mass is 10.1. The van der Waals surface area contributed by atoms with Crippen LogP contribution >= 0.6 is 0 Å². The van der Waals surface area contributed by atoms with E-state index in [1.54, 1.807) is 0 Å². The van der Waals surface area contributed by atoms with E-state index >= 15 is 0 Å². The number of H-pyrrole nitrogens is 1. The number of aromatic nitrogens is 3. The monoisotopic (exact) mass is 280 g/mol. The van der Waals surface area contributed by atoms with E-state index in [1.165, 1.54) is 0 Å². The van der Waals surface area contributed by atoms with Crippen molar-refractivity contribution in [2.45, 2.75) is 19.8 Å². The average Bonchev–Trinajstić information content (AvgIpc) is 2.45. The maximum absolute atomic E-state index is 12.1. The van der Waals surface area contributed by atoms with Crippen LogP contribution in [-0.2, 0) is 0 Å². The number of nitrogen functional groups attached to an aromatic ring is 1. The summed E-state index contributed by atoms with van der Waals surface area (Å²) >= 11 is 0. The molecule has 2 aromatic heterocycles. The highest BCUT2D eigenvalue weighted by Gasteiger charge is 2.14. The lowest BCUT2D eigenvalue weighted by molar-refractivity contribution is 0.836. The molecule has 3 aromatic rings. The van der Waals surface area contributed by atoms with Gasteiger partial charge >= 0.3 is 0 Å². The molecule has 0 aliphatic heterocycles. The molecule has 21 heavy (non-hydrogen) atoms. The topological polar surface area (TPSA) is 84.7 Å². The van der Waals surface area contributed by atoms with Gasteiger partial charge in [0.15, 0.2) is 5.82 Å². The minimum Gasteiger partial charge on any atom is -0.383 e. The molecule has 0 saturated heterocycles. The second kappa shape index (κ2) is 5.01. The van der Waals surface area contributed by atoms with E-state index in [-0.39, 0.29) is 17.3 Å². The molecule has 3 rings (SSSR count). The Labute approximate surface area is 121 Å². The highest BCUT2D eigenvalue weighted by Crippen LogP contribution is 2.20. The third kappa shape index (κ3) is 2.38. The van der Waals surface area contributed by atoms with Gasteiger partial charge in [-0.25, -0.2) is 9.97 Å². The van der Waals surface area contributed by atoms with Crippen molar-refractivity contribution >= 4 is 16.7 Å². The highest BCUT2D eigenvalue weighted by atomic mass is 16.1. The maximum Gasteiger partial charge on any atom is 0.256 e. The highest BCUT2D eigenvalue weighted by molar-refractivity contribution is 5.80. The van der Waals surface area contributed by atoms with Crippen LogP contribution in [0, 0.1) is 0 Å². The van der Waals surface area contributed by atoms with Crippen LogP contribution in [0.1, 0.15) is 25.3 Å². The SMILES string of the molecule is CC(C)c1c(N)nc(-c2ccc3ccccc3n2)[nH]c1=O. The molecule has 0 radical (unpaired) electrons. The Morgan fingerprint density at radius 2 is 1.86 bits per heavy atom. The first-order valence-electron chi connectivity index (χ1n) is 6.82. The second-order valence-electron chi connectivity index (χ2n) is 5.26. The van der Waals surface area contributed by atoms with E-state index in [1.807, 2.05) is 50.2 Å². The van der Waals surface area contributed by atoms with Gasteiger partial charge in [-0.1, -0.05) is 38.1 Å². The molecule has 0 aliphatic rings. The van der Waals surface area contributed by atoms with Gasteiger partial charge in [0.25, 0.3) is 5.56 Å². The van der Waals surface area contributed by atoms with Crippen LogP contribution in [0.4, 0.5) is 5.82 Å². The Morgan fingerprint density at radius 1 is 1.10 bits per heavy atom. The largest absolute Gasteiger partial charge is 0.383 e. The van der Waals surface area contributed by atoms with Crippen LogP contribution in [0.2, 0.25) is 0 Å². The maximum atomic E-state index is 12.1. The van der Waals surface area contributed by atoms with Crippen molar-refractivity contribution in [1.29, 1.82) is 0 Å². The molecule has 106 valence electrons. The third-order valence-electron chi connectivity index (χ3n) is 3.40. The molecule has 0 aliphatic carbocycles. The first-order chi connectivity index (χ1) is 10.1. The van der Waals surface area contributed by atoms with E-state index < -0.39 is 0 Å². The van der Waals surface area contributed by atoms with Crippen molar-refractivity contribution in [2.24, 2.45) is 0 Å². The summed E-state index contributed by atoms with van der Waals surface area (Å²) in [5, 5.41) is 1.04. The Hall–Kier alpha value is -2.69. The van der Waals surface area contributed by atoms with E-state index in [9.17, 15) is 4.79 Å². The zero-order valence-corrected chi connectivity index (χ0v) is 11.9. The van der Waals surface area contributed by atoms with Gasteiger partial charge in [0, 0.05) is 5.39 Å².